The molecule has 9 heteroatoms. The van der Waals surface area contributed by atoms with Gasteiger partial charge in [0.05, 0.1) is 24.2 Å². The molecule has 2 unspecified atom stereocenters. The maximum Gasteiger partial charge on any atom is 0.269 e. The van der Waals surface area contributed by atoms with Crippen LogP contribution in [-0.2, 0) is 16.0 Å². The zero-order chi connectivity index (χ0) is 18.8. The summed E-state index contributed by atoms with van der Waals surface area (Å²) in [6, 6.07) is 6.55. The van der Waals surface area contributed by atoms with Crippen molar-refractivity contribution >= 4 is 35.6 Å². The summed E-state index contributed by atoms with van der Waals surface area (Å²) < 4.78 is 10.9. The van der Waals surface area contributed by atoms with Gasteiger partial charge < -0.3 is 20.1 Å². The number of methoxy groups -OCH3 is 1. The number of non-ortho nitro benzene ring substituents is 1. The van der Waals surface area contributed by atoms with Gasteiger partial charge in [-0.25, -0.2) is 4.99 Å². The summed E-state index contributed by atoms with van der Waals surface area (Å²) >= 11 is 0. The highest BCUT2D eigenvalue weighted by molar-refractivity contribution is 14.0. The third-order valence-corrected chi connectivity index (χ3v) is 4.14. The maximum atomic E-state index is 10.7. The number of nitrogens with zero attached hydrogens (tertiary/aromatic N) is 2. The Morgan fingerprint density at radius 2 is 2.15 bits per heavy atom. The molecular formula is C18H29IN4O4. The summed E-state index contributed by atoms with van der Waals surface area (Å²) in [6.45, 7) is 4.53. The summed E-state index contributed by atoms with van der Waals surface area (Å²) in [4.78, 5) is 14.9. The average Bonchev–Trinajstić information content (AvgIpc) is 2.65. The van der Waals surface area contributed by atoms with Gasteiger partial charge in [-0.15, -0.1) is 24.0 Å². The fraction of sp³-hybridized carbons (Fsp3) is 0.611. The number of benzene rings is 1. The van der Waals surface area contributed by atoms with Crippen LogP contribution in [0.15, 0.2) is 29.3 Å². The zero-order valence-corrected chi connectivity index (χ0v) is 18.2. The largest absolute Gasteiger partial charge is 0.383 e. The first-order valence-electron chi connectivity index (χ1n) is 8.97. The molecule has 1 aromatic rings. The Bertz CT molecular complexity index is 592. The number of nitro groups is 1. The van der Waals surface area contributed by atoms with Crippen LogP contribution < -0.4 is 10.6 Å². The van der Waals surface area contributed by atoms with E-state index >= 15 is 0 Å². The van der Waals surface area contributed by atoms with Crippen molar-refractivity contribution in [3.8, 4) is 0 Å². The van der Waals surface area contributed by atoms with E-state index < -0.39 is 4.92 Å². The smallest absolute Gasteiger partial charge is 0.269 e. The number of ether oxygens (including phenoxy) is 2. The summed E-state index contributed by atoms with van der Waals surface area (Å²) in [5, 5.41) is 17.4. The minimum atomic E-state index is -0.405. The minimum Gasteiger partial charge on any atom is -0.383 e. The molecule has 1 aromatic carbocycles. The Morgan fingerprint density at radius 1 is 1.41 bits per heavy atom. The van der Waals surface area contributed by atoms with E-state index in [1.165, 1.54) is 18.6 Å². The monoisotopic (exact) mass is 492 g/mol. The number of nitro benzene ring substituents is 1. The second-order valence-electron chi connectivity index (χ2n) is 6.46. The SMILES string of the molecule is COCC(C)NC(=NCc1ccc([N+](=O)[O-])cc1)NCC1CCCCO1.I. The highest BCUT2D eigenvalue weighted by Gasteiger charge is 2.15. The lowest BCUT2D eigenvalue weighted by Gasteiger charge is -2.24. The maximum absolute atomic E-state index is 10.7. The Kier molecular flexibility index (Phi) is 11.2. The Balaban J connectivity index is 0.00000364. The van der Waals surface area contributed by atoms with Crippen LogP contribution >= 0.6 is 24.0 Å². The van der Waals surface area contributed by atoms with Crippen LogP contribution in [0.1, 0.15) is 31.7 Å². The van der Waals surface area contributed by atoms with Crippen LogP contribution in [0.5, 0.6) is 0 Å². The summed E-state index contributed by atoms with van der Waals surface area (Å²) in [6.07, 6.45) is 3.57. The van der Waals surface area contributed by atoms with E-state index in [0.717, 1.165) is 25.0 Å². The lowest BCUT2D eigenvalue weighted by Crippen LogP contribution is -2.47. The number of hydrogen-bond acceptors (Lipinski definition) is 5. The second kappa shape index (κ2) is 12.8. The van der Waals surface area contributed by atoms with Gasteiger partial charge in [0.1, 0.15) is 0 Å². The highest BCUT2D eigenvalue weighted by Crippen LogP contribution is 2.13. The van der Waals surface area contributed by atoms with E-state index in [0.29, 0.717) is 25.7 Å². The Morgan fingerprint density at radius 3 is 2.74 bits per heavy atom. The molecule has 0 aromatic heterocycles. The van der Waals surface area contributed by atoms with Gasteiger partial charge in [-0.05, 0) is 31.7 Å². The molecule has 1 fully saturated rings. The van der Waals surface area contributed by atoms with Crippen molar-refractivity contribution < 1.29 is 14.4 Å². The van der Waals surface area contributed by atoms with Gasteiger partial charge in [-0.1, -0.05) is 12.1 Å². The van der Waals surface area contributed by atoms with Gasteiger partial charge in [-0.2, -0.15) is 0 Å². The molecule has 2 N–H and O–H groups in total. The van der Waals surface area contributed by atoms with Gasteiger partial charge in [0, 0.05) is 38.4 Å². The third-order valence-electron chi connectivity index (χ3n) is 4.14. The van der Waals surface area contributed by atoms with E-state index in [1.807, 2.05) is 6.92 Å². The van der Waals surface area contributed by atoms with Crippen molar-refractivity contribution in [3.05, 3.63) is 39.9 Å². The highest BCUT2D eigenvalue weighted by atomic mass is 127. The van der Waals surface area contributed by atoms with Crippen LogP contribution in [0.25, 0.3) is 0 Å². The zero-order valence-electron chi connectivity index (χ0n) is 15.8. The van der Waals surface area contributed by atoms with Crippen LogP contribution in [-0.4, -0.2) is 49.9 Å². The van der Waals surface area contributed by atoms with Gasteiger partial charge in [0.2, 0.25) is 0 Å². The molecular weight excluding hydrogens is 463 g/mol. The normalized spacial score (nSPS) is 18.3. The third kappa shape index (κ3) is 8.85. The van der Waals surface area contributed by atoms with Gasteiger partial charge in [0.15, 0.2) is 5.96 Å². The molecule has 1 saturated heterocycles. The van der Waals surface area contributed by atoms with Crippen molar-refractivity contribution in [2.45, 2.75) is 44.9 Å². The number of guanidine groups is 1. The van der Waals surface area contributed by atoms with E-state index in [1.54, 1.807) is 19.2 Å². The number of rotatable bonds is 8. The molecule has 152 valence electrons. The van der Waals surface area contributed by atoms with Crippen LogP contribution in [0, 0.1) is 10.1 Å². The summed E-state index contributed by atoms with van der Waals surface area (Å²) in [5.41, 5.74) is 0.988. The quantitative estimate of drug-likeness (QED) is 0.191. The van der Waals surface area contributed by atoms with Crippen LogP contribution in [0.3, 0.4) is 0 Å². The molecule has 0 bridgehead atoms. The molecule has 27 heavy (non-hydrogen) atoms. The predicted molar refractivity (Wildman–Crippen MR) is 116 cm³/mol. The van der Waals surface area contributed by atoms with Crippen molar-refractivity contribution in [1.29, 1.82) is 0 Å². The van der Waals surface area contributed by atoms with E-state index in [-0.39, 0.29) is 41.8 Å². The fourth-order valence-corrected chi connectivity index (χ4v) is 2.75. The van der Waals surface area contributed by atoms with E-state index in [2.05, 4.69) is 15.6 Å². The average molecular weight is 492 g/mol. The molecule has 0 saturated carbocycles. The molecule has 1 aliphatic heterocycles. The van der Waals surface area contributed by atoms with Crippen LogP contribution in [0.4, 0.5) is 5.69 Å². The molecule has 2 atom stereocenters. The lowest BCUT2D eigenvalue weighted by atomic mass is 10.1. The van der Waals surface area contributed by atoms with Crippen molar-refractivity contribution in [3.63, 3.8) is 0 Å². The van der Waals surface area contributed by atoms with Crippen molar-refractivity contribution in [1.82, 2.24) is 10.6 Å². The summed E-state index contributed by atoms with van der Waals surface area (Å²) in [7, 11) is 1.66. The fourth-order valence-electron chi connectivity index (χ4n) is 2.75. The first-order valence-corrected chi connectivity index (χ1v) is 8.97. The van der Waals surface area contributed by atoms with Crippen LogP contribution in [0.2, 0.25) is 0 Å². The van der Waals surface area contributed by atoms with Crippen molar-refractivity contribution in [2.24, 2.45) is 4.99 Å². The summed E-state index contributed by atoms with van der Waals surface area (Å²) in [5.74, 6) is 0.682. The molecule has 8 nitrogen and oxygen atoms in total. The van der Waals surface area contributed by atoms with E-state index in [9.17, 15) is 10.1 Å². The molecule has 0 radical (unpaired) electrons. The van der Waals surface area contributed by atoms with Gasteiger partial charge in [-0.3, -0.25) is 10.1 Å². The molecule has 0 aliphatic carbocycles. The molecule has 1 aliphatic rings. The molecule has 1 heterocycles. The first-order chi connectivity index (χ1) is 12.6. The lowest BCUT2D eigenvalue weighted by molar-refractivity contribution is -0.384. The second-order valence-corrected chi connectivity index (χ2v) is 6.46. The molecule has 0 spiro atoms. The van der Waals surface area contributed by atoms with E-state index in [4.69, 9.17) is 9.47 Å². The first kappa shape index (κ1) is 23.6. The Hall–Kier alpha value is -1.46. The number of nitrogens with one attached hydrogen (secondary N) is 2. The molecule has 2 rings (SSSR count). The number of hydrogen-bond donors (Lipinski definition) is 2. The standard InChI is InChI=1S/C18H28N4O4.HI/c1-14(13-25-2)21-18(20-12-17-5-3-4-10-26-17)19-11-15-6-8-16(9-7-15)22(23)24;/h6-9,14,17H,3-5,10-13H2,1-2H3,(H2,19,20,21);1H. The number of halogens is 1. The molecule has 0 amide bonds. The topological polar surface area (TPSA) is 98.0 Å². The van der Waals surface area contributed by atoms with Crippen molar-refractivity contribution in [2.75, 3.05) is 26.9 Å². The number of aliphatic imine (C=N–C) groups is 1. The minimum absolute atomic E-state index is 0. The Labute approximate surface area is 177 Å². The van der Waals surface area contributed by atoms with Gasteiger partial charge >= 0.3 is 0 Å². The predicted octanol–water partition coefficient (Wildman–Crippen LogP) is 2.85. The van der Waals surface area contributed by atoms with Gasteiger partial charge in [0.25, 0.3) is 5.69 Å².